The SMILES string of the molecule is O=C(Nc1nn(Cc2ccccc2F)cc1Cl)c1cc([N+](=O)[O-])[nH]n1. The van der Waals surface area contributed by atoms with Crippen LogP contribution in [-0.2, 0) is 6.54 Å². The predicted molar refractivity (Wildman–Crippen MR) is 85.9 cm³/mol. The highest BCUT2D eigenvalue weighted by Gasteiger charge is 2.19. The van der Waals surface area contributed by atoms with Gasteiger partial charge in [-0.3, -0.25) is 9.48 Å². The zero-order valence-corrected chi connectivity index (χ0v) is 13.2. The molecule has 0 fully saturated rings. The third kappa shape index (κ3) is 3.63. The zero-order chi connectivity index (χ0) is 18.0. The molecule has 9 nitrogen and oxygen atoms in total. The maximum Gasteiger partial charge on any atom is 0.343 e. The van der Waals surface area contributed by atoms with Crippen LogP contribution in [0.2, 0.25) is 5.02 Å². The van der Waals surface area contributed by atoms with Crippen molar-refractivity contribution in [3.63, 3.8) is 0 Å². The number of amides is 1. The van der Waals surface area contributed by atoms with Gasteiger partial charge in [-0.1, -0.05) is 34.9 Å². The molecule has 0 aliphatic carbocycles. The lowest BCUT2D eigenvalue weighted by molar-refractivity contribution is -0.389. The molecule has 2 heterocycles. The molecule has 2 aromatic heterocycles. The van der Waals surface area contributed by atoms with Crippen LogP contribution in [0.1, 0.15) is 16.1 Å². The lowest BCUT2D eigenvalue weighted by atomic mass is 10.2. The highest BCUT2D eigenvalue weighted by molar-refractivity contribution is 6.33. The van der Waals surface area contributed by atoms with Crippen molar-refractivity contribution in [2.24, 2.45) is 0 Å². The number of rotatable bonds is 5. The zero-order valence-electron chi connectivity index (χ0n) is 12.4. The van der Waals surface area contributed by atoms with Crippen LogP contribution >= 0.6 is 11.6 Å². The number of halogens is 2. The monoisotopic (exact) mass is 364 g/mol. The Bertz CT molecular complexity index is 954. The third-order valence-electron chi connectivity index (χ3n) is 3.23. The molecule has 0 bridgehead atoms. The fourth-order valence-corrected chi connectivity index (χ4v) is 2.25. The van der Waals surface area contributed by atoms with Gasteiger partial charge in [-0.25, -0.2) is 4.39 Å². The van der Waals surface area contributed by atoms with Gasteiger partial charge in [-0.05, 0) is 11.0 Å². The number of nitro groups is 1. The molecule has 1 amide bonds. The van der Waals surface area contributed by atoms with Crippen molar-refractivity contribution < 1.29 is 14.1 Å². The molecule has 2 N–H and O–H groups in total. The van der Waals surface area contributed by atoms with Gasteiger partial charge in [0.2, 0.25) is 0 Å². The molecule has 0 saturated heterocycles. The number of benzene rings is 1. The van der Waals surface area contributed by atoms with E-state index in [4.69, 9.17) is 11.6 Å². The maximum atomic E-state index is 13.7. The summed E-state index contributed by atoms with van der Waals surface area (Å²) >= 11 is 6.01. The average Bonchev–Trinajstić information content (AvgIpc) is 3.17. The van der Waals surface area contributed by atoms with Gasteiger partial charge in [0, 0.05) is 11.8 Å². The van der Waals surface area contributed by atoms with Crippen LogP contribution < -0.4 is 5.32 Å². The maximum absolute atomic E-state index is 13.7. The summed E-state index contributed by atoms with van der Waals surface area (Å²) in [5, 5.41) is 22.9. The number of carbonyl (C=O) groups is 1. The highest BCUT2D eigenvalue weighted by atomic mass is 35.5. The molecule has 0 radical (unpaired) electrons. The Hall–Kier alpha value is -3.27. The number of nitrogens with zero attached hydrogens (tertiary/aromatic N) is 4. The van der Waals surface area contributed by atoms with E-state index in [0.29, 0.717) is 5.56 Å². The van der Waals surface area contributed by atoms with E-state index in [9.17, 15) is 19.3 Å². The van der Waals surface area contributed by atoms with E-state index in [1.165, 1.54) is 16.9 Å². The van der Waals surface area contributed by atoms with Crippen molar-refractivity contribution in [3.8, 4) is 0 Å². The van der Waals surface area contributed by atoms with E-state index in [1.807, 2.05) is 0 Å². The van der Waals surface area contributed by atoms with E-state index < -0.39 is 16.6 Å². The van der Waals surface area contributed by atoms with E-state index in [-0.39, 0.29) is 28.9 Å². The molecule has 3 rings (SSSR count). The van der Waals surface area contributed by atoms with Crippen LogP contribution in [-0.4, -0.2) is 30.8 Å². The van der Waals surface area contributed by atoms with Gasteiger partial charge < -0.3 is 15.4 Å². The summed E-state index contributed by atoms with van der Waals surface area (Å²) in [5.74, 6) is -1.49. The lowest BCUT2D eigenvalue weighted by Gasteiger charge is -2.03. The van der Waals surface area contributed by atoms with Crippen LogP contribution in [0.3, 0.4) is 0 Å². The minimum absolute atomic E-state index is 0.0358. The second-order valence-corrected chi connectivity index (χ2v) is 5.37. The summed E-state index contributed by atoms with van der Waals surface area (Å²) in [6, 6.07) is 7.18. The number of anilines is 1. The molecule has 0 aliphatic rings. The largest absolute Gasteiger partial charge is 0.358 e. The number of carbonyl (C=O) groups excluding carboxylic acids is 1. The Morgan fingerprint density at radius 3 is 2.88 bits per heavy atom. The van der Waals surface area contributed by atoms with Crippen molar-refractivity contribution in [2.45, 2.75) is 6.54 Å². The van der Waals surface area contributed by atoms with Crippen molar-refractivity contribution in [2.75, 3.05) is 5.32 Å². The molecule has 0 aliphatic heterocycles. The smallest absolute Gasteiger partial charge is 0.343 e. The first-order chi connectivity index (χ1) is 11.9. The van der Waals surface area contributed by atoms with Gasteiger partial charge >= 0.3 is 5.82 Å². The van der Waals surface area contributed by atoms with Gasteiger partial charge in [-0.2, -0.15) is 5.10 Å². The number of nitrogens with one attached hydrogen (secondary N) is 2. The first-order valence-electron chi connectivity index (χ1n) is 6.91. The normalized spacial score (nSPS) is 10.6. The minimum Gasteiger partial charge on any atom is -0.358 e. The fraction of sp³-hybridized carbons (Fsp3) is 0.0714. The molecular weight excluding hydrogens is 355 g/mol. The standard InChI is InChI=1S/C14H10ClFN6O3/c15-9-7-21(6-8-3-1-2-4-10(8)16)20-13(9)17-14(23)11-5-12(19-18-11)22(24)25/h1-5,7H,6H2,(H,18,19)(H,17,20,23). The predicted octanol–water partition coefficient (Wildman–Crippen LogP) is 2.61. The fourth-order valence-electron chi connectivity index (χ4n) is 2.06. The molecule has 25 heavy (non-hydrogen) atoms. The Morgan fingerprint density at radius 2 is 2.20 bits per heavy atom. The van der Waals surface area contributed by atoms with Crippen LogP contribution in [0, 0.1) is 15.9 Å². The summed E-state index contributed by atoms with van der Waals surface area (Å²) < 4.78 is 15.0. The van der Waals surface area contributed by atoms with Crippen molar-refractivity contribution in [3.05, 3.63) is 68.7 Å². The van der Waals surface area contributed by atoms with Crippen LogP contribution in [0.25, 0.3) is 0 Å². The quantitative estimate of drug-likeness (QED) is 0.532. The Morgan fingerprint density at radius 1 is 1.44 bits per heavy atom. The highest BCUT2D eigenvalue weighted by Crippen LogP contribution is 2.21. The molecular formula is C14H10ClFN6O3. The second kappa shape index (κ2) is 6.69. The van der Waals surface area contributed by atoms with E-state index in [2.05, 4.69) is 20.6 Å². The summed E-state index contributed by atoms with van der Waals surface area (Å²) in [6.07, 6.45) is 1.43. The molecule has 0 atom stereocenters. The summed E-state index contributed by atoms with van der Waals surface area (Å²) in [4.78, 5) is 21.9. The first kappa shape index (κ1) is 16.6. The Balaban J connectivity index is 1.75. The number of H-pyrrole nitrogens is 1. The van der Waals surface area contributed by atoms with Crippen LogP contribution in [0.15, 0.2) is 36.5 Å². The third-order valence-corrected chi connectivity index (χ3v) is 3.51. The van der Waals surface area contributed by atoms with Crippen LogP contribution in [0.5, 0.6) is 0 Å². The van der Waals surface area contributed by atoms with Gasteiger partial charge in [-0.15, -0.1) is 5.10 Å². The number of hydrogen-bond acceptors (Lipinski definition) is 5. The van der Waals surface area contributed by atoms with Gasteiger partial charge in [0.15, 0.2) is 11.5 Å². The number of hydrogen-bond donors (Lipinski definition) is 2. The Labute approximate surface area is 144 Å². The van der Waals surface area contributed by atoms with E-state index in [1.54, 1.807) is 18.2 Å². The second-order valence-electron chi connectivity index (χ2n) is 4.96. The molecule has 0 spiro atoms. The average molecular weight is 365 g/mol. The van der Waals surface area contributed by atoms with Crippen molar-refractivity contribution >= 4 is 29.1 Å². The topological polar surface area (TPSA) is 119 Å². The van der Waals surface area contributed by atoms with Gasteiger partial charge in [0.25, 0.3) is 5.91 Å². The molecule has 11 heteroatoms. The number of aromatic amines is 1. The molecule has 0 saturated carbocycles. The molecule has 1 aromatic carbocycles. The molecule has 0 unspecified atom stereocenters. The summed E-state index contributed by atoms with van der Waals surface area (Å²) in [6.45, 7) is 0.121. The summed E-state index contributed by atoms with van der Waals surface area (Å²) in [7, 11) is 0. The molecule has 128 valence electrons. The van der Waals surface area contributed by atoms with Crippen molar-refractivity contribution in [1.82, 2.24) is 20.0 Å². The Kier molecular flexibility index (Phi) is 4.44. The van der Waals surface area contributed by atoms with Gasteiger partial charge in [0.1, 0.15) is 10.8 Å². The number of aromatic nitrogens is 4. The van der Waals surface area contributed by atoms with E-state index in [0.717, 1.165) is 6.07 Å². The molecule has 3 aromatic rings. The van der Waals surface area contributed by atoms with Crippen molar-refractivity contribution in [1.29, 1.82) is 0 Å². The van der Waals surface area contributed by atoms with Gasteiger partial charge in [0.05, 0.1) is 12.6 Å². The van der Waals surface area contributed by atoms with E-state index >= 15 is 0 Å². The lowest BCUT2D eigenvalue weighted by Crippen LogP contribution is -2.13. The summed E-state index contributed by atoms with van der Waals surface area (Å²) in [5.41, 5.74) is 0.217. The first-order valence-corrected chi connectivity index (χ1v) is 7.29. The minimum atomic E-state index is -0.720. The van der Waals surface area contributed by atoms with Crippen LogP contribution in [0.4, 0.5) is 16.0 Å².